The van der Waals surface area contributed by atoms with Gasteiger partial charge < -0.3 is 28.4 Å². The fourth-order valence-electron chi connectivity index (χ4n) is 6.37. The zero-order valence-electron chi connectivity index (χ0n) is 33.1. The molecule has 0 heterocycles. The molecule has 0 atom stereocenters. The van der Waals surface area contributed by atoms with Crippen molar-refractivity contribution in [2.45, 2.75) is 103 Å². The molecule has 0 aliphatic rings. The molecular formula is C48H60O8. The van der Waals surface area contributed by atoms with Crippen LogP contribution in [0.5, 0.6) is 23.0 Å². The highest BCUT2D eigenvalue weighted by Gasteiger charge is 2.16. The molecule has 8 heteroatoms. The molecular weight excluding hydrogens is 705 g/mol. The first kappa shape index (κ1) is 43.5. The maximum Gasteiger partial charge on any atom is 0.343 e. The minimum Gasteiger partial charge on any atom is -0.502 e. The van der Waals surface area contributed by atoms with Crippen LogP contribution >= 0.6 is 0 Å². The van der Waals surface area contributed by atoms with Crippen molar-refractivity contribution >= 4 is 22.7 Å². The summed E-state index contributed by atoms with van der Waals surface area (Å²) in [5.41, 5.74) is 0.821. The Balaban J connectivity index is 1.16. The second kappa shape index (κ2) is 26.5. The summed E-state index contributed by atoms with van der Waals surface area (Å²) in [7, 11) is 0. The Labute approximate surface area is 333 Å². The normalized spacial score (nSPS) is 10.8. The lowest BCUT2D eigenvalue weighted by atomic mass is 10.1. The second-order valence-corrected chi connectivity index (χ2v) is 13.9. The number of hydrogen-bond donors (Lipinski definition) is 0. The third-order valence-corrected chi connectivity index (χ3v) is 9.51. The van der Waals surface area contributed by atoms with Gasteiger partial charge in [0.2, 0.25) is 0 Å². The Morgan fingerprint density at radius 1 is 0.411 bits per heavy atom. The Morgan fingerprint density at radius 2 is 0.732 bits per heavy atom. The third-order valence-electron chi connectivity index (χ3n) is 9.51. The van der Waals surface area contributed by atoms with Crippen molar-refractivity contribution in [2.75, 3.05) is 26.4 Å². The molecule has 0 aliphatic carbocycles. The number of rotatable bonds is 30. The minimum atomic E-state index is -0.487. The molecule has 0 fully saturated rings. The molecule has 0 saturated heterocycles. The molecule has 0 N–H and O–H groups in total. The van der Waals surface area contributed by atoms with Gasteiger partial charge in [-0.15, -0.1) is 0 Å². The molecule has 0 aliphatic heterocycles. The average Bonchev–Trinajstić information content (AvgIpc) is 3.22. The van der Waals surface area contributed by atoms with Crippen LogP contribution in [-0.2, 0) is 9.47 Å². The van der Waals surface area contributed by atoms with E-state index in [9.17, 15) is 9.59 Å². The van der Waals surface area contributed by atoms with Crippen molar-refractivity contribution in [3.8, 4) is 23.0 Å². The van der Waals surface area contributed by atoms with E-state index >= 15 is 0 Å². The number of carbonyl (C=O) groups is 2. The van der Waals surface area contributed by atoms with Gasteiger partial charge in [0, 0.05) is 10.8 Å². The van der Waals surface area contributed by atoms with Crippen LogP contribution in [0, 0.1) is 0 Å². The number of benzene rings is 4. The number of fused-ring (bicyclic) bond motifs is 1. The number of hydrogen-bond acceptors (Lipinski definition) is 8. The van der Waals surface area contributed by atoms with Crippen molar-refractivity contribution < 1.29 is 38.0 Å². The second-order valence-electron chi connectivity index (χ2n) is 13.9. The third kappa shape index (κ3) is 16.2. The molecule has 4 rings (SSSR count). The Bertz CT molecular complexity index is 1600. The summed E-state index contributed by atoms with van der Waals surface area (Å²) in [5.74, 6) is 1.21. The maximum absolute atomic E-state index is 13.1. The summed E-state index contributed by atoms with van der Waals surface area (Å²) >= 11 is 0. The lowest BCUT2D eigenvalue weighted by Crippen LogP contribution is -2.10. The van der Waals surface area contributed by atoms with Gasteiger partial charge >= 0.3 is 11.9 Å². The van der Waals surface area contributed by atoms with E-state index in [2.05, 4.69) is 13.2 Å². The van der Waals surface area contributed by atoms with Crippen molar-refractivity contribution in [1.82, 2.24) is 0 Å². The average molecular weight is 765 g/mol. The SMILES string of the molecule is C=COCCCCCCCCCCOc1ccc(C(=O)Oc2cccc3c(OC(=O)c4ccc(OCCCCCCCCCCOC=C)cc4)cccc23)cc1. The fraction of sp³-hybridized carbons (Fsp3) is 0.417. The summed E-state index contributed by atoms with van der Waals surface area (Å²) in [6, 6.07) is 24.7. The molecule has 4 aromatic rings. The van der Waals surface area contributed by atoms with E-state index in [0.29, 0.717) is 46.6 Å². The van der Waals surface area contributed by atoms with E-state index in [0.717, 1.165) is 63.2 Å². The van der Waals surface area contributed by atoms with Gasteiger partial charge in [-0.2, -0.15) is 0 Å². The van der Waals surface area contributed by atoms with Gasteiger partial charge in [0.25, 0.3) is 0 Å². The molecule has 0 saturated carbocycles. The highest BCUT2D eigenvalue weighted by atomic mass is 16.5. The van der Waals surface area contributed by atoms with Crippen LogP contribution < -0.4 is 18.9 Å². The van der Waals surface area contributed by atoms with Crippen LogP contribution in [0.25, 0.3) is 10.8 Å². The molecule has 0 amide bonds. The highest BCUT2D eigenvalue weighted by molar-refractivity contribution is 5.99. The van der Waals surface area contributed by atoms with Gasteiger partial charge in [0.15, 0.2) is 0 Å². The van der Waals surface area contributed by atoms with E-state index < -0.39 is 11.9 Å². The first-order chi connectivity index (χ1) is 27.6. The van der Waals surface area contributed by atoms with Gasteiger partial charge in [-0.05, 0) is 86.3 Å². The van der Waals surface area contributed by atoms with Crippen LogP contribution in [0.4, 0.5) is 0 Å². The Kier molecular flexibility index (Phi) is 20.6. The van der Waals surface area contributed by atoms with Crippen LogP contribution in [0.2, 0.25) is 0 Å². The molecule has 56 heavy (non-hydrogen) atoms. The summed E-state index contributed by atoms with van der Waals surface area (Å²) in [6.45, 7) is 9.93. The predicted molar refractivity (Wildman–Crippen MR) is 224 cm³/mol. The van der Waals surface area contributed by atoms with Crippen LogP contribution in [0.15, 0.2) is 111 Å². The van der Waals surface area contributed by atoms with E-state index in [1.54, 1.807) is 72.8 Å². The number of carbonyl (C=O) groups excluding carboxylic acids is 2. The van der Waals surface area contributed by atoms with E-state index in [4.69, 9.17) is 28.4 Å². The summed E-state index contributed by atoms with van der Waals surface area (Å²) in [5, 5.41) is 1.31. The zero-order chi connectivity index (χ0) is 39.5. The van der Waals surface area contributed by atoms with Gasteiger partial charge in [0.05, 0.1) is 50.1 Å². The molecule has 0 bridgehead atoms. The number of ether oxygens (including phenoxy) is 6. The van der Waals surface area contributed by atoms with Crippen LogP contribution in [-0.4, -0.2) is 38.4 Å². The Hall–Kier alpha value is -5.24. The summed E-state index contributed by atoms with van der Waals surface area (Å²) in [4.78, 5) is 26.2. The molecule has 4 aromatic carbocycles. The lowest BCUT2D eigenvalue weighted by molar-refractivity contribution is 0.0725. The summed E-state index contributed by atoms with van der Waals surface area (Å²) in [6.07, 6.45) is 21.7. The van der Waals surface area contributed by atoms with Crippen molar-refractivity contribution in [2.24, 2.45) is 0 Å². The van der Waals surface area contributed by atoms with Gasteiger partial charge in [-0.25, -0.2) is 9.59 Å². The molecule has 0 spiro atoms. The van der Waals surface area contributed by atoms with Gasteiger partial charge in [0.1, 0.15) is 23.0 Å². The predicted octanol–water partition coefficient (Wildman–Crippen LogP) is 12.6. The molecule has 8 nitrogen and oxygen atoms in total. The fourth-order valence-corrected chi connectivity index (χ4v) is 6.37. The molecule has 0 unspecified atom stereocenters. The number of unbranched alkanes of at least 4 members (excludes halogenated alkanes) is 14. The monoisotopic (exact) mass is 764 g/mol. The van der Waals surface area contributed by atoms with Crippen LogP contribution in [0.3, 0.4) is 0 Å². The van der Waals surface area contributed by atoms with Gasteiger partial charge in [-0.3, -0.25) is 0 Å². The largest absolute Gasteiger partial charge is 0.502 e. The topological polar surface area (TPSA) is 89.5 Å². The zero-order valence-corrected chi connectivity index (χ0v) is 33.1. The van der Waals surface area contributed by atoms with E-state index in [-0.39, 0.29) is 0 Å². The van der Waals surface area contributed by atoms with E-state index in [1.807, 2.05) is 12.1 Å². The number of esters is 2. The summed E-state index contributed by atoms with van der Waals surface area (Å²) < 4.78 is 33.8. The van der Waals surface area contributed by atoms with Crippen molar-refractivity contribution in [3.05, 3.63) is 122 Å². The first-order valence-corrected chi connectivity index (χ1v) is 20.5. The highest BCUT2D eigenvalue weighted by Crippen LogP contribution is 2.33. The quantitative estimate of drug-likeness (QED) is 0.0224. The maximum atomic E-state index is 13.1. The van der Waals surface area contributed by atoms with Crippen molar-refractivity contribution in [1.29, 1.82) is 0 Å². The van der Waals surface area contributed by atoms with Gasteiger partial charge in [-0.1, -0.05) is 114 Å². The molecule has 300 valence electrons. The smallest absolute Gasteiger partial charge is 0.343 e. The van der Waals surface area contributed by atoms with Crippen LogP contribution in [0.1, 0.15) is 123 Å². The standard InChI is InChI=1S/C48H60O8/c1-3-51-35-17-13-9-5-7-11-15-19-37-53-41-31-27-39(28-32-41)47(49)55-45-25-21-24-44-43(45)23-22-26-46(44)56-48(50)40-29-33-42(34-30-40)54-38-20-16-12-8-6-10-14-18-36-52-4-2/h3-4,21-34H,1-2,5-20,35-38H2. The van der Waals surface area contributed by atoms with E-state index in [1.165, 1.54) is 76.7 Å². The lowest BCUT2D eigenvalue weighted by Gasteiger charge is -2.12. The first-order valence-electron chi connectivity index (χ1n) is 20.5. The van der Waals surface area contributed by atoms with Crippen molar-refractivity contribution in [3.63, 3.8) is 0 Å². The Morgan fingerprint density at radius 3 is 1.07 bits per heavy atom. The minimum absolute atomic E-state index is 0.374. The molecule has 0 radical (unpaired) electrons. The molecule has 0 aromatic heterocycles.